The molecule has 3 unspecified atom stereocenters. The van der Waals surface area contributed by atoms with Crippen LogP contribution in [-0.4, -0.2) is 35.9 Å². The number of nitrogens with one attached hydrogen (secondary N) is 1. The van der Waals surface area contributed by atoms with Crippen LogP contribution in [0, 0.1) is 11.8 Å². The molecule has 2 saturated carbocycles. The molecule has 19 heavy (non-hydrogen) atoms. The van der Waals surface area contributed by atoms with Crippen molar-refractivity contribution in [3.63, 3.8) is 0 Å². The predicted molar refractivity (Wildman–Crippen MR) is 72.0 cm³/mol. The quantitative estimate of drug-likeness (QED) is 0.801. The Morgan fingerprint density at radius 2 is 2.05 bits per heavy atom. The second-order valence-corrected chi connectivity index (χ2v) is 6.60. The lowest BCUT2D eigenvalue weighted by Crippen LogP contribution is -2.56. The zero-order valence-electron chi connectivity index (χ0n) is 11.6. The summed E-state index contributed by atoms with van der Waals surface area (Å²) in [4.78, 5) is 11.8. The topological polar surface area (TPSA) is 58.6 Å². The van der Waals surface area contributed by atoms with E-state index >= 15 is 0 Å². The molecule has 2 aliphatic carbocycles. The fourth-order valence-corrected chi connectivity index (χ4v) is 3.83. The molecule has 108 valence electrons. The highest BCUT2D eigenvalue weighted by Gasteiger charge is 2.46. The minimum absolute atomic E-state index is 0.220. The Balaban J connectivity index is 1.61. The molecular weight excluding hydrogens is 242 g/mol. The van der Waals surface area contributed by atoms with Crippen molar-refractivity contribution < 1.29 is 14.6 Å². The minimum Gasteiger partial charge on any atom is -0.480 e. The van der Waals surface area contributed by atoms with Gasteiger partial charge in [0.25, 0.3) is 0 Å². The SMILES string of the molecule is O=C(O)C1(NCC2CCCO2)CCCC(C2CC2)C1. The normalized spacial score (nSPS) is 39.4. The molecule has 0 aromatic rings. The predicted octanol–water partition coefficient (Wildman–Crippen LogP) is 2.18. The maximum absolute atomic E-state index is 11.8. The summed E-state index contributed by atoms with van der Waals surface area (Å²) in [5, 5.41) is 13.0. The zero-order valence-corrected chi connectivity index (χ0v) is 11.6. The summed E-state index contributed by atoms with van der Waals surface area (Å²) in [5.74, 6) is 0.779. The molecule has 3 aliphatic rings. The van der Waals surface area contributed by atoms with E-state index in [0.29, 0.717) is 12.5 Å². The van der Waals surface area contributed by atoms with E-state index < -0.39 is 11.5 Å². The molecule has 0 amide bonds. The molecule has 0 aromatic heterocycles. The van der Waals surface area contributed by atoms with Gasteiger partial charge in [-0.1, -0.05) is 12.8 Å². The van der Waals surface area contributed by atoms with Gasteiger partial charge in [-0.2, -0.15) is 0 Å². The van der Waals surface area contributed by atoms with Crippen LogP contribution in [0.3, 0.4) is 0 Å². The second kappa shape index (κ2) is 5.41. The molecule has 0 spiro atoms. The molecule has 0 bridgehead atoms. The van der Waals surface area contributed by atoms with E-state index in [-0.39, 0.29) is 6.10 Å². The third-order valence-electron chi connectivity index (χ3n) is 5.18. The van der Waals surface area contributed by atoms with Crippen molar-refractivity contribution >= 4 is 5.97 Å². The van der Waals surface area contributed by atoms with Crippen LogP contribution < -0.4 is 5.32 Å². The average molecular weight is 267 g/mol. The van der Waals surface area contributed by atoms with E-state index in [1.807, 2.05) is 0 Å². The molecule has 3 rings (SSSR count). The molecule has 2 N–H and O–H groups in total. The lowest BCUT2D eigenvalue weighted by Gasteiger charge is -2.39. The van der Waals surface area contributed by atoms with Crippen LogP contribution in [0.1, 0.15) is 51.4 Å². The lowest BCUT2D eigenvalue weighted by molar-refractivity contribution is -0.147. The van der Waals surface area contributed by atoms with E-state index in [1.54, 1.807) is 0 Å². The highest BCUT2D eigenvalue weighted by Crippen LogP contribution is 2.46. The summed E-state index contributed by atoms with van der Waals surface area (Å²) < 4.78 is 5.60. The molecular formula is C15H25NO3. The third kappa shape index (κ3) is 2.95. The van der Waals surface area contributed by atoms with Gasteiger partial charge >= 0.3 is 5.97 Å². The van der Waals surface area contributed by atoms with Gasteiger partial charge in [0.1, 0.15) is 5.54 Å². The van der Waals surface area contributed by atoms with Crippen molar-refractivity contribution in [3.8, 4) is 0 Å². The number of rotatable bonds is 5. The summed E-state index contributed by atoms with van der Waals surface area (Å²) in [6.07, 6.45) is 8.88. The van der Waals surface area contributed by atoms with Gasteiger partial charge in [-0.3, -0.25) is 10.1 Å². The minimum atomic E-state index is -0.683. The van der Waals surface area contributed by atoms with Gasteiger partial charge in [0, 0.05) is 13.2 Å². The van der Waals surface area contributed by atoms with Crippen LogP contribution >= 0.6 is 0 Å². The number of carboxylic acid groups (broad SMARTS) is 1. The first-order chi connectivity index (χ1) is 9.20. The Labute approximate surface area is 114 Å². The molecule has 4 nitrogen and oxygen atoms in total. The molecule has 0 aromatic carbocycles. The third-order valence-corrected chi connectivity index (χ3v) is 5.18. The molecule has 1 saturated heterocycles. The van der Waals surface area contributed by atoms with Crippen molar-refractivity contribution in [3.05, 3.63) is 0 Å². The number of carbonyl (C=O) groups is 1. The van der Waals surface area contributed by atoms with E-state index in [9.17, 15) is 9.90 Å². The Morgan fingerprint density at radius 3 is 2.68 bits per heavy atom. The highest BCUT2D eigenvalue weighted by atomic mass is 16.5. The van der Waals surface area contributed by atoms with E-state index in [0.717, 1.165) is 44.6 Å². The van der Waals surface area contributed by atoms with Gasteiger partial charge in [-0.05, 0) is 50.4 Å². The average Bonchev–Trinajstić information content (AvgIpc) is 3.14. The molecule has 3 fully saturated rings. The van der Waals surface area contributed by atoms with E-state index in [2.05, 4.69) is 5.32 Å². The van der Waals surface area contributed by atoms with Crippen molar-refractivity contribution in [1.29, 1.82) is 0 Å². The molecule has 0 radical (unpaired) electrons. The fraction of sp³-hybridized carbons (Fsp3) is 0.933. The maximum Gasteiger partial charge on any atom is 0.323 e. The first kappa shape index (κ1) is 13.4. The Morgan fingerprint density at radius 1 is 1.21 bits per heavy atom. The highest BCUT2D eigenvalue weighted by molar-refractivity contribution is 5.79. The fourth-order valence-electron chi connectivity index (χ4n) is 3.83. The Bertz CT molecular complexity index is 336. The number of hydrogen-bond donors (Lipinski definition) is 2. The number of hydrogen-bond acceptors (Lipinski definition) is 3. The van der Waals surface area contributed by atoms with Gasteiger partial charge in [-0.15, -0.1) is 0 Å². The first-order valence-corrected chi connectivity index (χ1v) is 7.80. The van der Waals surface area contributed by atoms with Crippen LogP contribution in [0.25, 0.3) is 0 Å². The first-order valence-electron chi connectivity index (χ1n) is 7.80. The van der Waals surface area contributed by atoms with Gasteiger partial charge in [0.2, 0.25) is 0 Å². The standard InChI is InChI=1S/C15H25NO3/c17-14(18)15(16-10-13-4-2-8-19-13)7-1-3-12(9-15)11-5-6-11/h11-13,16H,1-10H2,(H,17,18). The molecule has 1 heterocycles. The zero-order chi connectivity index (χ0) is 13.3. The summed E-state index contributed by atoms with van der Waals surface area (Å²) in [7, 11) is 0. The van der Waals surface area contributed by atoms with E-state index in [4.69, 9.17) is 4.74 Å². The summed E-state index contributed by atoms with van der Waals surface area (Å²) in [6, 6.07) is 0. The van der Waals surface area contributed by atoms with Crippen molar-refractivity contribution in [2.45, 2.75) is 63.0 Å². The summed E-state index contributed by atoms with van der Waals surface area (Å²) >= 11 is 0. The molecule has 4 heteroatoms. The van der Waals surface area contributed by atoms with Crippen molar-refractivity contribution in [1.82, 2.24) is 5.32 Å². The van der Waals surface area contributed by atoms with Crippen LogP contribution in [-0.2, 0) is 9.53 Å². The summed E-state index contributed by atoms with van der Waals surface area (Å²) in [6.45, 7) is 1.53. The van der Waals surface area contributed by atoms with Gasteiger partial charge in [0.05, 0.1) is 6.10 Å². The van der Waals surface area contributed by atoms with Crippen LogP contribution in [0.15, 0.2) is 0 Å². The van der Waals surface area contributed by atoms with Crippen LogP contribution in [0.4, 0.5) is 0 Å². The van der Waals surface area contributed by atoms with Gasteiger partial charge in [0.15, 0.2) is 0 Å². The molecule has 1 aliphatic heterocycles. The Kier molecular flexibility index (Phi) is 3.81. The van der Waals surface area contributed by atoms with Crippen molar-refractivity contribution in [2.75, 3.05) is 13.2 Å². The lowest BCUT2D eigenvalue weighted by atomic mass is 9.73. The summed E-state index contributed by atoms with van der Waals surface area (Å²) in [5.41, 5.74) is -0.683. The number of aliphatic carboxylic acids is 1. The number of carboxylic acids is 1. The van der Waals surface area contributed by atoms with E-state index in [1.165, 1.54) is 19.3 Å². The maximum atomic E-state index is 11.8. The van der Waals surface area contributed by atoms with Crippen molar-refractivity contribution in [2.24, 2.45) is 11.8 Å². The van der Waals surface area contributed by atoms with Crippen LogP contribution in [0.2, 0.25) is 0 Å². The van der Waals surface area contributed by atoms with Gasteiger partial charge < -0.3 is 9.84 Å². The Hall–Kier alpha value is -0.610. The molecule has 3 atom stereocenters. The number of ether oxygens (including phenoxy) is 1. The van der Waals surface area contributed by atoms with Crippen LogP contribution in [0.5, 0.6) is 0 Å². The van der Waals surface area contributed by atoms with Gasteiger partial charge in [-0.25, -0.2) is 0 Å². The second-order valence-electron chi connectivity index (χ2n) is 6.60. The smallest absolute Gasteiger partial charge is 0.323 e. The monoisotopic (exact) mass is 267 g/mol. The largest absolute Gasteiger partial charge is 0.480 e.